The number of nitrogens with zero attached hydrogens (tertiary/aromatic N) is 2. The number of rotatable bonds is 7. The van der Waals surface area contributed by atoms with Crippen LogP contribution in [0.15, 0.2) is 76.4 Å². The van der Waals surface area contributed by atoms with Crippen molar-refractivity contribution in [3.05, 3.63) is 89.4 Å². The van der Waals surface area contributed by atoms with Gasteiger partial charge in [-0.05, 0) is 55.8 Å². The summed E-state index contributed by atoms with van der Waals surface area (Å²) in [4.78, 5) is 24.8. The van der Waals surface area contributed by atoms with Gasteiger partial charge in [-0.1, -0.05) is 29.8 Å². The summed E-state index contributed by atoms with van der Waals surface area (Å²) in [6, 6.07) is 18.3. The lowest BCUT2D eigenvalue weighted by atomic mass is 10.0. The van der Waals surface area contributed by atoms with Crippen molar-refractivity contribution in [1.82, 2.24) is 5.01 Å². The van der Waals surface area contributed by atoms with E-state index in [4.69, 9.17) is 9.15 Å². The lowest BCUT2D eigenvalue weighted by Gasteiger charge is -2.20. The molecule has 1 unspecified atom stereocenters. The van der Waals surface area contributed by atoms with E-state index in [0.717, 1.165) is 17.0 Å². The molecule has 164 valence electrons. The zero-order chi connectivity index (χ0) is 22.5. The first kappa shape index (κ1) is 21.4. The highest BCUT2D eigenvalue weighted by atomic mass is 16.5. The summed E-state index contributed by atoms with van der Waals surface area (Å²) in [6.45, 7) is 4.18. The van der Waals surface area contributed by atoms with E-state index in [1.165, 1.54) is 10.6 Å². The van der Waals surface area contributed by atoms with E-state index >= 15 is 0 Å². The summed E-state index contributed by atoms with van der Waals surface area (Å²) in [5.41, 5.74) is 4.20. The van der Waals surface area contributed by atoms with Crippen LogP contribution >= 0.6 is 0 Å². The molecule has 1 amide bonds. The van der Waals surface area contributed by atoms with Crippen LogP contribution in [-0.4, -0.2) is 35.7 Å². The van der Waals surface area contributed by atoms with Crippen LogP contribution in [0.1, 0.15) is 46.6 Å². The highest BCUT2D eigenvalue weighted by molar-refractivity contribution is 6.03. The molecule has 2 aromatic carbocycles. The Labute approximate surface area is 186 Å². The van der Waals surface area contributed by atoms with Gasteiger partial charge in [-0.2, -0.15) is 5.10 Å². The first-order valence-corrected chi connectivity index (χ1v) is 10.6. The van der Waals surface area contributed by atoms with Crippen molar-refractivity contribution in [2.75, 3.05) is 18.5 Å². The van der Waals surface area contributed by atoms with Gasteiger partial charge in [-0.25, -0.2) is 9.80 Å². The minimum Gasteiger partial charge on any atom is -0.467 e. The lowest BCUT2D eigenvalue weighted by molar-refractivity contribution is -0.131. The van der Waals surface area contributed by atoms with Crippen molar-refractivity contribution in [2.24, 2.45) is 5.10 Å². The van der Waals surface area contributed by atoms with Crippen LogP contribution in [0.4, 0.5) is 5.69 Å². The Kier molecular flexibility index (Phi) is 6.35. The number of anilines is 1. The molecule has 4 rings (SSSR count). The minimum absolute atomic E-state index is 0.0562. The van der Waals surface area contributed by atoms with Crippen molar-refractivity contribution in [1.29, 1.82) is 0 Å². The molecule has 1 N–H and O–H groups in total. The predicted molar refractivity (Wildman–Crippen MR) is 122 cm³/mol. The first-order valence-electron chi connectivity index (χ1n) is 10.6. The molecule has 1 aliphatic heterocycles. The fourth-order valence-corrected chi connectivity index (χ4v) is 3.56. The van der Waals surface area contributed by atoms with Crippen LogP contribution in [0, 0.1) is 6.92 Å². The maximum atomic E-state index is 13.1. The Balaban J connectivity index is 1.47. The van der Waals surface area contributed by atoms with Crippen LogP contribution in [-0.2, 0) is 9.53 Å². The van der Waals surface area contributed by atoms with Crippen molar-refractivity contribution in [3.8, 4) is 0 Å². The fraction of sp³-hybridized carbons (Fsp3) is 0.240. The van der Waals surface area contributed by atoms with Gasteiger partial charge in [0.1, 0.15) is 11.8 Å². The molecule has 0 saturated heterocycles. The fourth-order valence-electron chi connectivity index (χ4n) is 3.56. The monoisotopic (exact) mass is 431 g/mol. The molecule has 0 fully saturated rings. The highest BCUT2D eigenvalue weighted by Crippen LogP contribution is 2.33. The SMILES string of the molecule is CCOC(=O)c1ccc(NCC(=O)N2N=C(c3ccc(C)cc3)CC2c2ccco2)cc1. The Bertz CT molecular complexity index is 1100. The van der Waals surface area contributed by atoms with Crippen molar-refractivity contribution < 1.29 is 18.7 Å². The van der Waals surface area contributed by atoms with Gasteiger partial charge in [0, 0.05) is 12.1 Å². The zero-order valence-corrected chi connectivity index (χ0v) is 18.1. The third-order valence-corrected chi connectivity index (χ3v) is 5.26. The number of furan rings is 1. The Hall–Kier alpha value is -3.87. The lowest BCUT2D eigenvalue weighted by Crippen LogP contribution is -2.32. The molecular formula is C25H25N3O4. The molecule has 1 atom stereocenters. The average Bonchev–Trinajstić information content (AvgIpc) is 3.48. The molecule has 1 aliphatic rings. The van der Waals surface area contributed by atoms with Gasteiger partial charge >= 0.3 is 5.97 Å². The highest BCUT2D eigenvalue weighted by Gasteiger charge is 2.34. The molecule has 0 bridgehead atoms. The van der Waals surface area contributed by atoms with Gasteiger partial charge in [0.2, 0.25) is 0 Å². The molecule has 0 spiro atoms. The normalized spacial score (nSPS) is 15.4. The summed E-state index contributed by atoms with van der Waals surface area (Å²) in [7, 11) is 0. The summed E-state index contributed by atoms with van der Waals surface area (Å²) in [5.74, 6) is 0.150. The number of esters is 1. The van der Waals surface area contributed by atoms with E-state index in [-0.39, 0.29) is 24.5 Å². The Morgan fingerprint density at radius 1 is 1.12 bits per heavy atom. The summed E-state index contributed by atoms with van der Waals surface area (Å²) < 4.78 is 10.6. The Morgan fingerprint density at radius 3 is 2.53 bits per heavy atom. The predicted octanol–water partition coefficient (Wildman–Crippen LogP) is 4.55. The van der Waals surface area contributed by atoms with Crippen molar-refractivity contribution in [2.45, 2.75) is 26.3 Å². The minimum atomic E-state index is -0.369. The number of nitrogens with one attached hydrogen (secondary N) is 1. The number of aryl methyl sites for hydroxylation is 1. The third kappa shape index (κ3) is 4.72. The standard InChI is InChI=1S/C25H25N3O4/c1-3-31-25(30)19-10-12-20(13-11-19)26-16-24(29)28-22(23-5-4-14-32-23)15-21(27-28)18-8-6-17(2)7-9-18/h4-14,22,26H,3,15-16H2,1-2H3. The molecule has 0 aliphatic carbocycles. The molecular weight excluding hydrogens is 406 g/mol. The quantitative estimate of drug-likeness (QED) is 0.555. The number of ether oxygens (including phenoxy) is 1. The van der Waals surface area contributed by atoms with E-state index in [1.54, 1.807) is 37.5 Å². The number of carbonyl (C=O) groups excluding carboxylic acids is 2. The second-order valence-electron chi connectivity index (χ2n) is 7.54. The second kappa shape index (κ2) is 9.51. The summed E-state index contributed by atoms with van der Waals surface area (Å²) >= 11 is 0. The molecule has 32 heavy (non-hydrogen) atoms. The number of hydrogen-bond donors (Lipinski definition) is 1. The van der Waals surface area contributed by atoms with Gasteiger partial charge in [-0.3, -0.25) is 4.79 Å². The van der Waals surface area contributed by atoms with Crippen LogP contribution in [0.25, 0.3) is 0 Å². The van der Waals surface area contributed by atoms with E-state index < -0.39 is 0 Å². The van der Waals surface area contributed by atoms with E-state index in [0.29, 0.717) is 24.4 Å². The third-order valence-electron chi connectivity index (χ3n) is 5.26. The molecule has 1 aromatic heterocycles. The molecule has 7 heteroatoms. The van der Waals surface area contributed by atoms with Crippen molar-refractivity contribution in [3.63, 3.8) is 0 Å². The smallest absolute Gasteiger partial charge is 0.338 e. The van der Waals surface area contributed by atoms with Gasteiger partial charge in [0.25, 0.3) is 5.91 Å². The molecule has 0 saturated carbocycles. The van der Waals surface area contributed by atoms with Crippen LogP contribution in [0.3, 0.4) is 0 Å². The van der Waals surface area contributed by atoms with E-state index in [9.17, 15) is 9.59 Å². The van der Waals surface area contributed by atoms with E-state index in [2.05, 4.69) is 10.4 Å². The summed E-state index contributed by atoms with van der Waals surface area (Å²) in [5, 5.41) is 9.23. The van der Waals surface area contributed by atoms with Crippen LogP contribution in [0.5, 0.6) is 0 Å². The van der Waals surface area contributed by atoms with Crippen molar-refractivity contribution >= 4 is 23.3 Å². The number of hydrazone groups is 1. The van der Waals surface area contributed by atoms with Gasteiger partial charge in [-0.15, -0.1) is 0 Å². The zero-order valence-electron chi connectivity index (χ0n) is 18.1. The molecule has 2 heterocycles. The maximum Gasteiger partial charge on any atom is 0.338 e. The van der Waals surface area contributed by atoms with Crippen LogP contribution in [0.2, 0.25) is 0 Å². The second-order valence-corrected chi connectivity index (χ2v) is 7.54. The molecule has 7 nitrogen and oxygen atoms in total. The maximum absolute atomic E-state index is 13.1. The number of benzene rings is 2. The van der Waals surface area contributed by atoms with Gasteiger partial charge in [0.05, 0.1) is 30.7 Å². The largest absolute Gasteiger partial charge is 0.467 e. The molecule has 0 radical (unpaired) electrons. The average molecular weight is 431 g/mol. The topological polar surface area (TPSA) is 84.1 Å². The number of carbonyl (C=O) groups is 2. The Morgan fingerprint density at radius 2 is 1.88 bits per heavy atom. The van der Waals surface area contributed by atoms with Crippen LogP contribution < -0.4 is 5.32 Å². The first-order chi connectivity index (χ1) is 15.5. The van der Waals surface area contributed by atoms with Gasteiger partial charge in [0.15, 0.2) is 0 Å². The summed E-state index contributed by atoms with van der Waals surface area (Å²) in [6.07, 6.45) is 2.18. The number of hydrogen-bond acceptors (Lipinski definition) is 6. The molecule has 3 aromatic rings. The number of amides is 1. The van der Waals surface area contributed by atoms with Gasteiger partial charge < -0.3 is 14.5 Å². The van der Waals surface area contributed by atoms with E-state index in [1.807, 2.05) is 43.3 Å².